The van der Waals surface area contributed by atoms with Gasteiger partial charge in [-0.1, -0.05) is 18.2 Å². The molecular weight excluding hydrogens is 357 g/mol. The predicted octanol–water partition coefficient (Wildman–Crippen LogP) is 3.41. The Labute approximate surface area is 162 Å². The lowest BCUT2D eigenvalue weighted by Crippen LogP contribution is -2.58. The molecule has 0 radical (unpaired) electrons. The maximum Gasteiger partial charge on any atom is 0.261 e. The van der Waals surface area contributed by atoms with E-state index in [2.05, 4.69) is 35.9 Å². The molecule has 2 aromatic carbocycles. The standard InChI is InChI=1S/C22H22FN3O2/c1-14-12-25(13-15(2)26(14)18-6-4-3-5-7-18)22(28)19-10-16-8-9-17(23)11-20(16)24-21(19)27/h3-11,14-15H,12-13H2,1-2H3,(H,24,27). The Bertz CT molecular complexity index is 1070. The number of carbonyl (C=O) groups excluding carboxylic acids is 1. The van der Waals surface area contributed by atoms with Crippen LogP contribution in [0, 0.1) is 5.82 Å². The lowest BCUT2D eigenvalue weighted by molar-refractivity contribution is 0.0699. The third kappa shape index (κ3) is 3.26. The normalized spacial score (nSPS) is 19.8. The molecule has 1 aliphatic rings. The molecule has 0 bridgehead atoms. The van der Waals surface area contributed by atoms with Gasteiger partial charge in [-0.15, -0.1) is 0 Å². The van der Waals surface area contributed by atoms with Gasteiger partial charge in [0.2, 0.25) is 0 Å². The van der Waals surface area contributed by atoms with Gasteiger partial charge in [-0.05, 0) is 55.6 Å². The Hall–Kier alpha value is -3.15. The molecule has 2 heterocycles. The summed E-state index contributed by atoms with van der Waals surface area (Å²) in [5.41, 5.74) is 1.11. The minimum Gasteiger partial charge on any atom is -0.363 e. The van der Waals surface area contributed by atoms with Gasteiger partial charge in [-0.2, -0.15) is 0 Å². The van der Waals surface area contributed by atoms with Gasteiger partial charge in [0, 0.05) is 30.9 Å². The van der Waals surface area contributed by atoms with E-state index in [0.29, 0.717) is 24.0 Å². The van der Waals surface area contributed by atoms with Gasteiger partial charge < -0.3 is 14.8 Å². The van der Waals surface area contributed by atoms with Gasteiger partial charge in [0.05, 0.1) is 5.52 Å². The third-order valence-electron chi connectivity index (χ3n) is 5.30. The average molecular weight is 379 g/mol. The van der Waals surface area contributed by atoms with Crippen LogP contribution in [-0.2, 0) is 0 Å². The zero-order valence-electron chi connectivity index (χ0n) is 15.9. The highest BCUT2D eigenvalue weighted by atomic mass is 19.1. The number of nitrogens with zero attached hydrogens (tertiary/aromatic N) is 2. The molecule has 2 atom stereocenters. The second-order valence-corrected chi connectivity index (χ2v) is 7.39. The van der Waals surface area contributed by atoms with Crippen LogP contribution >= 0.6 is 0 Å². The fraction of sp³-hybridized carbons (Fsp3) is 0.273. The second kappa shape index (κ2) is 7.11. The van der Waals surface area contributed by atoms with Crippen molar-refractivity contribution in [1.82, 2.24) is 9.88 Å². The van der Waals surface area contributed by atoms with Crippen LogP contribution in [0.2, 0.25) is 0 Å². The number of nitrogens with one attached hydrogen (secondary N) is 1. The second-order valence-electron chi connectivity index (χ2n) is 7.39. The van der Waals surface area contributed by atoms with Gasteiger partial charge in [0.1, 0.15) is 11.4 Å². The summed E-state index contributed by atoms with van der Waals surface area (Å²) in [7, 11) is 0. The van der Waals surface area contributed by atoms with Crippen molar-refractivity contribution in [1.29, 1.82) is 0 Å². The molecule has 2 unspecified atom stereocenters. The van der Waals surface area contributed by atoms with Crippen LogP contribution < -0.4 is 10.5 Å². The number of anilines is 1. The zero-order valence-corrected chi connectivity index (χ0v) is 15.9. The summed E-state index contributed by atoms with van der Waals surface area (Å²) in [6.45, 7) is 5.21. The van der Waals surface area contributed by atoms with Gasteiger partial charge in [-0.3, -0.25) is 9.59 Å². The van der Waals surface area contributed by atoms with Crippen LogP contribution in [0.25, 0.3) is 10.9 Å². The van der Waals surface area contributed by atoms with Crippen molar-refractivity contribution in [2.75, 3.05) is 18.0 Å². The number of piperazine rings is 1. The van der Waals surface area contributed by atoms with Crippen molar-refractivity contribution in [3.8, 4) is 0 Å². The molecule has 0 saturated carbocycles. The zero-order chi connectivity index (χ0) is 19.8. The Morgan fingerprint density at radius 1 is 1.04 bits per heavy atom. The molecule has 1 N–H and O–H groups in total. The third-order valence-corrected chi connectivity index (χ3v) is 5.30. The summed E-state index contributed by atoms with van der Waals surface area (Å²) in [5, 5.41) is 0.633. The van der Waals surface area contributed by atoms with E-state index in [4.69, 9.17) is 0 Å². The van der Waals surface area contributed by atoms with Gasteiger partial charge in [-0.25, -0.2) is 4.39 Å². The van der Waals surface area contributed by atoms with Gasteiger partial charge in [0.15, 0.2) is 0 Å². The van der Waals surface area contributed by atoms with E-state index in [9.17, 15) is 14.0 Å². The molecule has 4 rings (SSSR count). The lowest BCUT2D eigenvalue weighted by Gasteiger charge is -2.45. The maximum absolute atomic E-state index is 13.4. The largest absolute Gasteiger partial charge is 0.363 e. The number of benzene rings is 2. The summed E-state index contributed by atoms with van der Waals surface area (Å²) in [6.07, 6.45) is 0. The van der Waals surface area contributed by atoms with Crippen molar-refractivity contribution < 1.29 is 9.18 Å². The number of carbonyl (C=O) groups is 1. The van der Waals surface area contributed by atoms with Crippen LogP contribution in [0.1, 0.15) is 24.2 Å². The van der Waals surface area contributed by atoms with E-state index in [1.165, 1.54) is 12.1 Å². The maximum atomic E-state index is 13.4. The van der Waals surface area contributed by atoms with Crippen molar-refractivity contribution in [2.45, 2.75) is 25.9 Å². The van der Waals surface area contributed by atoms with Crippen molar-refractivity contribution in [3.05, 3.63) is 76.3 Å². The number of rotatable bonds is 2. The number of H-pyrrole nitrogens is 1. The first-order valence-corrected chi connectivity index (χ1v) is 9.39. The Kier molecular flexibility index (Phi) is 4.63. The SMILES string of the molecule is CC1CN(C(=O)c2cc3ccc(F)cc3[nH]c2=O)CC(C)N1c1ccccc1. The van der Waals surface area contributed by atoms with Crippen molar-refractivity contribution in [2.24, 2.45) is 0 Å². The Morgan fingerprint density at radius 2 is 1.71 bits per heavy atom. The summed E-state index contributed by atoms with van der Waals surface area (Å²) >= 11 is 0. The van der Waals surface area contributed by atoms with E-state index >= 15 is 0 Å². The molecule has 6 heteroatoms. The molecule has 5 nitrogen and oxygen atoms in total. The predicted molar refractivity (Wildman–Crippen MR) is 108 cm³/mol. The monoisotopic (exact) mass is 379 g/mol. The highest BCUT2D eigenvalue weighted by molar-refractivity contribution is 5.97. The topological polar surface area (TPSA) is 56.4 Å². The molecule has 1 saturated heterocycles. The lowest BCUT2D eigenvalue weighted by atomic mass is 10.0. The number of aromatic nitrogens is 1. The molecular formula is C22H22FN3O2. The fourth-order valence-corrected chi connectivity index (χ4v) is 4.10. The van der Waals surface area contributed by atoms with E-state index in [-0.39, 0.29) is 23.6 Å². The van der Waals surface area contributed by atoms with Crippen LogP contribution in [0.4, 0.5) is 10.1 Å². The molecule has 1 fully saturated rings. The van der Waals surface area contributed by atoms with E-state index in [1.54, 1.807) is 17.0 Å². The van der Waals surface area contributed by atoms with Crippen molar-refractivity contribution in [3.63, 3.8) is 0 Å². The van der Waals surface area contributed by atoms with E-state index in [0.717, 1.165) is 5.69 Å². The first-order valence-electron chi connectivity index (χ1n) is 9.39. The van der Waals surface area contributed by atoms with Crippen LogP contribution in [-0.4, -0.2) is 41.0 Å². The highest BCUT2D eigenvalue weighted by Gasteiger charge is 2.33. The van der Waals surface area contributed by atoms with Crippen LogP contribution in [0.15, 0.2) is 59.4 Å². The molecule has 1 aromatic heterocycles. The quantitative estimate of drug-likeness (QED) is 0.742. The van der Waals surface area contributed by atoms with Crippen molar-refractivity contribution >= 4 is 22.5 Å². The van der Waals surface area contributed by atoms with Crippen LogP contribution in [0.3, 0.4) is 0 Å². The number of hydrogen-bond donors (Lipinski definition) is 1. The molecule has 3 aromatic rings. The first kappa shape index (κ1) is 18.2. The van der Waals surface area contributed by atoms with Crippen LogP contribution in [0.5, 0.6) is 0 Å². The summed E-state index contributed by atoms with van der Waals surface area (Å²) in [4.78, 5) is 32.2. The van der Waals surface area contributed by atoms with Gasteiger partial charge in [0.25, 0.3) is 11.5 Å². The number of para-hydroxylation sites is 1. The molecule has 28 heavy (non-hydrogen) atoms. The highest BCUT2D eigenvalue weighted by Crippen LogP contribution is 2.25. The number of pyridine rings is 1. The number of fused-ring (bicyclic) bond motifs is 1. The number of halogens is 1. The minimum atomic E-state index is -0.492. The summed E-state index contributed by atoms with van der Waals surface area (Å²) < 4.78 is 13.4. The molecule has 0 spiro atoms. The van der Waals surface area contributed by atoms with E-state index in [1.807, 2.05) is 18.2 Å². The fourth-order valence-electron chi connectivity index (χ4n) is 4.10. The summed E-state index contributed by atoms with van der Waals surface area (Å²) in [5.74, 6) is -0.721. The number of aromatic amines is 1. The Morgan fingerprint density at radius 3 is 2.39 bits per heavy atom. The number of amides is 1. The molecule has 144 valence electrons. The minimum absolute atomic E-state index is 0.0895. The molecule has 1 amide bonds. The molecule has 0 aliphatic carbocycles. The van der Waals surface area contributed by atoms with E-state index < -0.39 is 11.4 Å². The first-order chi connectivity index (χ1) is 13.4. The van der Waals surface area contributed by atoms with Gasteiger partial charge >= 0.3 is 0 Å². The number of hydrogen-bond acceptors (Lipinski definition) is 3. The smallest absolute Gasteiger partial charge is 0.261 e. The Balaban J connectivity index is 1.61. The molecule has 1 aliphatic heterocycles. The summed E-state index contributed by atoms with van der Waals surface area (Å²) in [6, 6.07) is 16.0. The average Bonchev–Trinajstić information content (AvgIpc) is 2.67.